The van der Waals surface area contributed by atoms with Crippen molar-refractivity contribution in [2.45, 2.75) is 24.9 Å². The first-order valence-corrected chi connectivity index (χ1v) is 7.43. The summed E-state index contributed by atoms with van der Waals surface area (Å²) in [5.41, 5.74) is 8.24. The third-order valence-electron chi connectivity index (χ3n) is 4.14. The summed E-state index contributed by atoms with van der Waals surface area (Å²) in [5.74, 6) is 0.0209. The first-order valence-electron chi connectivity index (χ1n) is 7.43. The van der Waals surface area contributed by atoms with E-state index in [2.05, 4.69) is 12.1 Å². The Morgan fingerprint density at radius 3 is 2.33 bits per heavy atom. The summed E-state index contributed by atoms with van der Waals surface area (Å²) in [6.07, 6.45) is 2.05. The lowest BCUT2D eigenvalue weighted by Crippen LogP contribution is -2.38. The van der Waals surface area contributed by atoms with Crippen LogP contribution in [0.4, 0.5) is 0 Å². The van der Waals surface area contributed by atoms with Crippen LogP contribution in [0.2, 0.25) is 0 Å². The van der Waals surface area contributed by atoms with Gasteiger partial charge in [-0.05, 0) is 24.0 Å². The van der Waals surface area contributed by atoms with Crippen LogP contribution in [-0.2, 0) is 4.79 Å². The van der Waals surface area contributed by atoms with Crippen molar-refractivity contribution in [3.05, 3.63) is 71.8 Å². The van der Waals surface area contributed by atoms with Gasteiger partial charge in [-0.1, -0.05) is 60.7 Å². The van der Waals surface area contributed by atoms with Gasteiger partial charge in [-0.25, -0.2) is 0 Å². The number of hydrogen-bond acceptors (Lipinski definition) is 2. The molecule has 108 valence electrons. The van der Waals surface area contributed by atoms with Crippen molar-refractivity contribution < 1.29 is 4.79 Å². The lowest BCUT2D eigenvalue weighted by molar-refractivity contribution is -0.133. The molecule has 21 heavy (non-hydrogen) atoms. The molecule has 2 N–H and O–H groups in total. The lowest BCUT2D eigenvalue weighted by atomic mass is 10.0. The third kappa shape index (κ3) is 2.83. The van der Waals surface area contributed by atoms with E-state index in [0.29, 0.717) is 0 Å². The zero-order chi connectivity index (χ0) is 14.7. The maximum absolute atomic E-state index is 12.7. The maximum atomic E-state index is 12.7. The van der Waals surface area contributed by atoms with Gasteiger partial charge < -0.3 is 10.6 Å². The van der Waals surface area contributed by atoms with Crippen LogP contribution in [0.25, 0.3) is 0 Å². The predicted octanol–water partition coefficient (Wildman–Crippen LogP) is 3.05. The molecule has 2 unspecified atom stereocenters. The smallest absolute Gasteiger partial charge is 0.244 e. The monoisotopic (exact) mass is 280 g/mol. The number of nitrogens with two attached hydrogens (primary N) is 1. The minimum Gasteiger partial charge on any atom is -0.334 e. The van der Waals surface area contributed by atoms with Crippen LogP contribution in [0, 0.1) is 0 Å². The van der Waals surface area contributed by atoms with Gasteiger partial charge in [0.15, 0.2) is 0 Å². The largest absolute Gasteiger partial charge is 0.334 e. The van der Waals surface area contributed by atoms with Gasteiger partial charge in [-0.2, -0.15) is 0 Å². The molecule has 3 nitrogen and oxygen atoms in total. The molecule has 3 rings (SSSR count). The summed E-state index contributed by atoms with van der Waals surface area (Å²) in [4.78, 5) is 14.7. The number of amides is 1. The van der Waals surface area contributed by atoms with Crippen LogP contribution in [0.15, 0.2) is 60.7 Å². The summed E-state index contributed by atoms with van der Waals surface area (Å²) in [6, 6.07) is 19.4. The standard InChI is InChI=1S/C18H20N2O/c19-17(15-10-5-2-6-11-15)18(21)20-13-7-12-16(20)14-8-3-1-4-9-14/h1-6,8-11,16-17H,7,12-13,19H2. The minimum absolute atomic E-state index is 0.0209. The average Bonchev–Trinajstić information content (AvgIpc) is 3.04. The molecule has 0 spiro atoms. The first-order chi connectivity index (χ1) is 10.3. The normalized spacial score (nSPS) is 19.5. The maximum Gasteiger partial charge on any atom is 0.244 e. The fraction of sp³-hybridized carbons (Fsp3) is 0.278. The number of nitrogens with zero attached hydrogens (tertiary/aromatic N) is 1. The molecule has 2 aromatic rings. The first kappa shape index (κ1) is 13.8. The molecule has 0 aromatic heterocycles. The van der Waals surface area contributed by atoms with Crippen molar-refractivity contribution in [2.24, 2.45) is 5.73 Å². The summed E-state index contributed by atoms with van der Waals surface area (Å²) < 4.78 is 0. The van der Waals surface area contributed by atoms with E-state index in [4.69, 9.17) is 5.73 Å². The molecule has 0 bridgehead atoms. The zero-order valence-corrected chi connectivity index (χ0v) is 12.0. The predicted molar refractivity (Wildman–Crippen MR) is 83.5 cm³/mol. The molecule has 2 aromatic carbocycles. The SMILES string of the molecule is NC(C(=O)N1CCCC1c1ccccc1)c1ccccc1. The van der Waals surface area contributed by atoms with Crippen molar-refractivity contribution in [2.75, 3.05) is 6.54 Å². The van der Waals surface area contributed by atoms with Gasteiger partial charge in [0.1, 0.15) is 6.04 Å². The second-order valence-electron chi connectivity index (χ2n) is 5.49. The van der Waals surface area contributed by atoms with Gasteiger partial charge in [-0.15, -0.1) is 0 Å². The average molecular weight is 280 g/mol. The van der Waals surface area contributed by atoms with Crippen molar-refractivity contribution in [1.29, 1.82) is 0 Å². The van der Waals surface area contributed by atoms with Gasteiger partial charge in [0, 0.05) is 6.54 Å². The van der Waals surface area contributed by atoms with E-state index in [1.807, 2.05) is 53.4 Å². The minimum atomic E-state index is -0.574. The molecule has 1 aliphatic heterocycles. The topological polar surface area (TPSA) is 46.3 Å². The molecule has 0 radical (unpaired) electrons. The highest BCUT2D eigenvalue weighted by molar-refractivity contribution is 5.83. The van der Waals surface area contributed by atoms with Gasteiger partial charge in [0.25, 0.3) is 0 Å². The van der Waals surface area contributed by atoms with Crippen molar-refractivity contribution >= 4 is 5.91 Å². The van der Waals surface area contributed by atoms with Crippen molar-refractivity contribution in [1.82, 2.24) is 4.90 Å². The molecule has 1 fully saturated rings. The van der Waals surface area contributed by atoms with Crippen LogP contribution >= 0.6 is 0 Å². The number of carbonyl (C=O) groups excluding carboxylic acids is 1. The van der Waals surface area contributed by atoms with E-state index in [0.717, 1.165) is 24.9 Å². The van der Waals surface area contributed by atoms with E-state index in [-0.39, 0.29) is 11.9 Å². The van der Waals surface area contributed by atoms with Gasteiger partial charge in [0.05, 0.1) is 6.04 Å². The Bertz CT molecular complexity index is 597. The molecular weight excluding hydrogens is 260 g/mol. The Balaban J connectivity index is 1.81. The summed E-state index contributed by atoms with van der Waals surface area (Å²) >= 11 is 0. The highest BCUT2D eigenvalue weighted by Gasteiger charge is 2.32. The lowest BCUT2D eigenvalue weighted by Gasteiger charge is -2.28. The number of benzene rings is 2. The highest BCUT2D eigenvalue weighted by atomic mass is 16.2. The molecule has 1 aliphatic rings. The Kier molecular flexibility index (Phi) is 4.02. The van der Waals surface area contributed by atoms with Gasteiger partial charge >= 0.3 is 0 Å². The molecule has 0 saturated carbocycles. The van der Waals surface area contributed by atoms with Gasteiger partial charge in [-0.3, -0.25) is 4.79 Å². The molecule has 1 heterocycles. The Morgan fingerprint density at radius 1 is 1.05 bits per heavy atom. The summed E-state index contributed by atoms with van der Waals surface area (Å²) in [6.45, 7) is 0.791. The number of hydrogen-bond donors (Lipinski definition) is 1. The van der Waals surface area contributed by atoms with Crippen molar-refractivity contribution in [3.8, 4) is 0 Å². The molecule has 1 amide bonds. The number of likely N-dealkylation sites (tertiary alicyclic amines) is 1. The number of carbonyl (C=O) groups is 1. The fourth-order valence-electron chi connectivity index (χ4n) is 3.03. The van der Waals surface area contributed by atoms with E-state index in [9.17, 15) is 4.79 Å². The van der Waals surface area contributed by atoms with E-state index in [1.54, 1.807) is 0 Å². The Morgan fingerprint density at radius 2 is 1.67 bits per heavy atom. The van der Waals surface area contributed by atoms with E-state index in [1.165, 1.54) is 5.56 Å². The molecule has 2 atom stereocenters. The quantitative estimate of drug-likeness (QED) is 0.939. The summed E-state index contributed by atoms with van der Waals surface area (Å²) in [7, 11) is 0. The second kappa shape index (κ2) is 6.10. The Hall–Kier alpha value is -2.13. The highest BCUT2D eigenvalue weighted by Crippen LogP contribution is 2.33. The molecule has 3 heteroatoms. The van der Waals surface area contributed by atoms with Crippen LogP contribution in [0.3, 0.4) is 0 Å². The summed E-state index contributed by atoms with van der Waals surface area (Å²) in [5, 5.41) is 0. The van der Waals surface area contributed by atoms with Gasteiger partial charge in [0.2, 0.25) is 5.91 Å². The van der Waals surface area contributed by atoms with Crippen LogP contribution in [0.1, 0.15) is 36.1 Å². The molecule has 0 aliphatic carbocycles. The zero-order valence-electron chi connectivity index (χ0n) is 12.0. The molecular formula is C18H20N2O. The number of rotatable bonds is 3. The van der Waals surface area contributed by atoms with Crippen LogP contribution in [0.5, 0.6) is 0 Å². The van der Waals surface area contributed by atoms with E-state index < -0.39 is 6.04 Å². The fourth-order valence-corrected chi connectivity index (χ4v) is 3.03. The third-order valence-corrected chi connectivity index (χ3v) is 4.14. The van der Waals surface area contributed by atoms with Crippen LogP contribution in [-0.4, -0.2) is 17.4 Å². The van der Waals surface area contributed by atoms with Crippen molar-refractivity contribution in [3.63, 3.8) is 0 Å². The Labute approximate surface area is 125 Å². The van der Waals surface area contributed by atoms with E-state index >= 15 is 0 Å². The second-order valence-corrected chi connectivity index (χ2v) is 5.49. The van der Waals surface area contributed by atoms with Crippen LogP contribution < -0.4 is 5.73 Å². The molecule has 1 saturated heterocycles.